The van der Waals surface area contributed by atoms with Crippen LogP contribution < -0.4 is 11.1 Å². The molecule has 1 heterocycles. The molecule has 0 aromatic heterocycles. The number of amides is 3. The van der Waals surface area contributed by atoms with E-state index in [0.717, 1.165) is 12.8 Å². The Balaban J connectivity index is 2.21. The molecule has 0 aromatic rings. The van der Waals surface area contributed by atoms with E-state index in [1.54, 1.807) is 0 Å². The van der Waals surface area contributed by atoms with Gasteiger partial charge in [0.15, 0.2) is 0 Å². The first-order chi connectivity index (χ1) is 9.37. The predicted molar refractivity (Wildman–Crippen MR) is 73.5 cm³/mol. The van der Waals surface area contributed by atoms with Gasteiger partial charge in [0.25, 0.3) is 0 Å². The van der Waals surface area contributed by atoms with Crippen molar-refractivity contribution < 1.29 is 14.4 Å². The molecule has 1 saturated carbocycles. The highest BCUT2D eigenvalue weighted by molar-refractivity contribution is 6.05. The number of nitrogens with one attached hydrogen (secondary N) is 1. The van der Waals surface area contributed by atoms with Gasteiger partial charge in [-0.15, -0.1) is 0 Å². The van der Waals surface area contributed by atoms with Crippen LogP contribution in [-0.2, 0) is 14.4 Å². The van der Waals surface area contributed by atoms with E-state index in [1.807, 2.05) is 6.92 Å². The largest absolute Gasteiger partial charge is 0.320 e. The lowest BCUT2D eigenvalue weighted by atomic mass is 9.76. The third kappa shape index (κ3) is 2.70. The van der Waals surface area contributed by atoms with Gasteiger partial charge in [-0.05, 0) is 25.2 Å². The van der Waals surface area contributed by atoms with E-state index in [0.29, 0.717) is 25.2 Å². The first-order valence-corrected chi connectivity index (χ1v) is 7.31. The Bertz CT molecular complexity index is 437. The van der Waals surface area contributed by atoms with Gasteiger partial charge in [-0.2, -0.15) is 0 Å². The van der Waals surface area contributed by atoms with Crippen molar-refractivity contribution in [2.45, 2.75) is 57.5 Å². The minimum absolute atomic E-state index is 0.0730. The van der Waals surface area contributed by atoms with E-state index in [2.05, 4.69) is 12.2 Å². The van der Waals surface area contributed by atoms with E-state index < -0.39 is 23.4 Å². The Kier molecular flexibility index (Phi) is 4.13. The molecule has 1 aliphatic heterocycles. The minimum Gasteiger partial charge on any atom is -0.320 e. The van der Waals surface area contributed by atoms with Gasteiger partial charge < -0.3 is 10.6 Å². The van der Waals surface area contributed by atoms with Crippen molar-refractivity contribution >= 4 is 17.7 Å². The zero-order chi connectivity index (χ0) is 14.9. The first kappa shape index (κ1) is 15.0. The number of nitrogens with zero attached hydrogens (tertiary/aromatic N) is 1. The standard InChI is InChI=1S/C14H23N3O3/c1-3-10-12(19)16-11(18)8-17(10)13(20)14(15)6-4-5-9(2)7-14/h9-10H,3-8,15H2,1-2H3,(H,16,18,19). The molecule has 20 heavy (non-hydrogen) atoms. The van der Waals surface area contributed by atoms with Gasteiger partial charge in [0.1, 0.15) is 12.6 Å². The van der Waals surface area contributed by atoms with Gasteiger partial charge in [-0.25, -0.2) is 0 Å². The first-order valence-electron chi connectivity index (χ1n) is 7.31. The van der Waals surface area contributed by atoms with Crippen molar-refractivity contribution in [1.29, 1.82) is 0 Å². The summed E-state index contributed by atoms with van der Waals surface area (Å²) < 4.78 is 0. The third-order valence-electron chi connectivity index (χ3n) is 4.36. The number of carbonyl (C=O) groups is 3. The average Bonchev–Trinajstić information content (AvgIpc) is 2.36. The smallest absolute Gasteiger partial charge is 0.249 e. The zero-order valence-corrected chi connectivity index (χ0v) is 12.1. The molecular formula is C14H23N3O3. The highest BCUT2D eigenvalue weighted by Gasteiger charge is 2.45. The second-order valence-corrected chi connectivity index (χ2v) is 6.13. The predicted octanol–water partition coefficient (Wildman–Crippen LogP) is 0.158. The van der Waals surface area contributed by atoms with Crippen LogP contribution in [0.5, 0.6) is 0 Å². The maximum atomic E-state index is 12.7. The van der Waals surface area contributed by atoms with Crippen molar-refractivity contribution in [3.63, 3.8) is 0 Å². The molecule has 0 aromatic carbocycles. The van der Waals surface area contributed by atoms with Crippen molar-refractivity contribution in [2.75, 3.05) is 6.54 Å². The van der Waals surface area contributed by atoms with Crippen molar-refractivity contribution in [3.8, 4) is 0 Å². The van der Waals surface area contributed by atoms with Gasteiger partial charge in [0.2, 0.25) is 17.7 Å². The molecule has 1 aliphatic carbocycles. The van der Waals surface area contributed by atoms with Crippen molar-refractivity contribution in [1.82, 2.24) is 10.2 Å². The lowest BCUT2D eigenvalue weighted by Crippen LogP contribution is -2.66. The summed E-state index contributed by atoms with van der Waals surface area (Å²) in [5.74, 6) is -0.684. The molecule has 2 rings (SSSR count). The number of hydrogen-bond acceptors (Lipinski definition) is 4. The van der Waals surface area contributed by atoms with Gasteiger partial charge in [-0.3, -0.25) is 19.7 Å². The van der Waals surface area contributed by atoms with Crippen LogP contribution in [0.25, 0.3) is 0 Å². The Labute approximate surface area is 119 Å². The number of imide groups is 1. The normalized spacial score (nSPS) is 34.9. The molecule has 0 bridgehead atoms. The molecule has 3 N–H and O–H groups in total. The number of nitrogens with two attached hydrogens (primary N) is 1. The van der Waals surface area contributed by atoms with Gasteiger partial charge >= 0.3 is 0 Å². The fraction of sp³-hybridized carbons (Fsp3) is 0.786. The molecule has 3 unspecified atom stereocenters. The van der Waals surface area contributed by atoms with Crippen molar-refractivity contribution in [2.24, 2.45) is 11.7 Å². The maximum absolute atomic E-state index is 12.7. The highest BCUT2D eigenvalue weighted by Crippen LogP contribution is 2.32. The second kappa shape index (κ2) is 5.52. The van der Waals surface area contributed by atoms with E-state index in [9.17, 15) is 14.4 Å². The quantitative estimate of drug-likeness (QED) is 0.705. The molecule has 112 valence electrons. The van der Waals surface area contributed by atoms with E-state index in [-0.39, 0.29) is 12.5 Å². The minimum atomic E-state index is -0.928. The average molecular weight is 281 g/mol. The molecular weight excluding hydrogens is 258 g/mol. The topological polar surface area (TPSA) is 92.5 Å². The molecule has 6 nitrogen and oxygen atoms in total. The van der Waals surface area contributed by atoms with E-state index >= 15 is 0 Å². The summed E-state index contributed by atoms with van der Waals surface area (Å²) in [6.45, 7) is 3.84. The Morgan fingerprint density at radius 3 is 2.80 bits per heavy atom. The number of piperazine rings is 1. The SMILES string of the molecule is CCC1C(=O)NC(=O)CN1C(=O)C1(N)CCCC(C)C1. The van der Waals surface area contributed by atoms with Crippen LogP contribution in [-0.4, -0.2) is 40.7 Å². The van der Waals surface area contributed by atoms with Crippen LogP contribution in [0.1, 0.15) is 46.0 Å². The molecule has 1 saturated heterocycles. The summed E-state index contributed by atoms with van der Waals surface area (Å²) in [5.41, 5.74) is 5.37. The summed E-state index contributed by atoms with van der Waals surface area (Å²) >= 11 is 0. The van der Waals surface area contributed by atoms with Crippen LogP contribution in [0.15, 0.2) is 0 Å². The van der Waals surface area contributed by atoms with Crippen LogP contribution in [0.4, 0.5) is 0 Å². The summed E-state index contributed by atoms with van der Waals surface area (Å²) in [7, 11) is 0. The monoisotopic (exact) mass is 281 g/mol. The van der Waals surface area contributed by atoms with Gasteiger partial charge in [0.05, 0.1) is 5.54 Å². The molecule has 3 atom stereocenters. The second-order valence-electron chi connectivity index (χ2n) is 6.13. The number of rotatable bonds is 2. The van der Waals surface area contributed by atoms with Gasteiger partial charge in [-0.1, -0.05) is 26.7 Å². The highest BCUT2D eigenvalue weighted by atomic mass is 16.2. The van der Waals surface area contributed by atoms with E-state index in [4.69, 9.17) is 5.73 Å². The van der Waals surface area contributed by atoms with Crippen LogP contribution in [0, 0.1) is 5.92 Å². The molecule has 6 heteroatoms. The Morgan fingerprint density at radius 2 is 2.20 bits per heavy atom. The Hall–Kier alpha value is -1.43. The summed E-state index contributed by atoms with van der Waals surface area (Å²) in [6, 6.07) is -0.585. The molecule has 2 aliphatic rings. The fourth-order valence-corrected chi connectivity index (χ4v) is 3.36. The maximum Gasteiger partial charge on any atom is 0.249 e. The van der Waals surface area contributed by atoms with Gasteiger partial charge in [0, 0.05) is 0 Å². The molecule has 3 amide bonds. The Morgan fingerprint density at radius 1 is 1.50 bits per heavy atom. The lowest BCUT2D eigenvalue weighted by molar-refractivity contribution is -0.154. The zero-order valence-electron chi connectivity index (χ0n) is 12.1. The number of hydrogen-bond donors (Lipinski definition) is 2. The summed E-state index contributed by atoms with van der Waals surface area (Å²) in [5, 5.41) is 2.28. The van der Waals surface area contributed by atoms with E-state index in [1.165, 1.54) is 4.90 Å². The van der Waals surface area contributed by atoms with Crippen LogP contribution >= 0.6 is 0 Å². The van der Waals surface area contributed by atoms with Crippen LogP contribution in [0.2, 0.25) is 0 Å². The summed E-state index contributed by atoms with van der Waals surface area (Å²) in [6.07, 6.45) is 3.71. The fourth-order valence-electron chi connectivity index (χ4n) is 3.36. The van der Waals surface area contributed by atoms with Crippen molar-refractivity contribution in [3.05, 3.63) is 0 Å². The molecule has 0 radical (unpaired) electrons. The van der Waals surface area contributed by atoms with Crippen LogP contribution in [0.3, 0.4) is 0 Å². The lowest BCUT2D eigenvalue weighted by Gasteiger charge is -2.42. The molecule has 2 fully saturated rings. The molecule has 0 spiro atoms. The summed E-state index contributed by atoms with van der Waals surface area (Å²) in [4.78, 5) is 37.5. The third-order valence-corrected chi connectivity index (χ3v) is 4.36. The number of carbonyl (C=O) groups excluding carboxylic acids is 3.